The lowest BCUT2D eigenvalue weighted by Gasteiger charge is -2.09. The van der Waals surface area contributed by atoms with E-state index >= 15 is 0 Å². The maximum Gasteiger partial charge on any atom is 0.219 e. The second kappa shape index (κ2) is 8.48. The van der Waals surface area contributed by atoms with Gasteiger partial charge in [-0.05, 0) is 25.0 Å². The van der Waals surface area contributed by atoms with Crippen molar-refractivity contribution < 1.29 is 9.53 Å². The highest BCUT2D eigenvalue weighted by molar-refractivity contribution is 5.75. The molecule has 0 aliphatic rings. The summed E-state index contributed by atoms with van der Waals surface area (Å²) in [5.41, 5.74) is 6.85. The molecule has 0 saturated heterocycles. The monoisotopic (exact) mass is 265 g/mol. The van der Waals surface area contributed by atoms with Crippen molar-refractivity contribution in [3.63, 3.8) is 0 Å². The summed E-state index contributed by atoms with van der Waals surface area (Å²) in [6.45, 7) is 2.58. The summed E-state index contributed by atoms with van der Waals surface area (Å²) in [4.78, 5) is 15.3. The van der Waals surface area contributed by atoms with Crippen molar-refractivity contribution in [1.82, 2.24) is 10.3 Å². The zero-order valence-electron chi connectivity index (χ0n) is 11.7. The average Bonchev–Trinajstić information content (AvgIpc) is 2.44. The average molecular weight is 265 g/mol. The van der Waals surface area contributed by atoms with Crippen LogP contribution in [0.2, 0.25) is 0 Å². The van der Waals surface area contributed by atoms with Crippen molar-refractivity contribution in [2.24, 2.45) is 5.73 Å². The molecule has 5 heteroatoms. The zero-order valence-corrected chi connectivity index (χ0v) is 11.7. The molecule has 1 atom stereocenters. The lowest BCUT2D eigenvalue weighted by molar-refractivity contribution is -0.120. The lowest BCUT2D eigenvalue weighted by atomic mass is 10.1. The molecule has 1 aromatic heterocycles. The first-order valence-corrected chi connectivity index (χ1v) is 6.69. The minimum absolute atomic E-state index is 0.0330. The molecule has 1 heterocycles. The van der Waals surface area contributed by atoms with Crippen LogP contribution in [0, 0.1) is 0 Å². The lowest BCUT2D eigenvalue weighted by Crippen LogP contribution is -2.21. The van der Waals surface area contributed by atoms with Crippen LogP contribution in [0.3, 0.4) is 0 Å². The number of pyridine rings is 1. The van der Waals surface area contributed by atoms with Crippen LogP contribution in [-0.4, -0.2) is 30.6 Å². The summed E-state index contributed by atoms with van der Waals surface area (Å²) in [6, 6.07) is 3.99. The molecule has 0 aliphatic heterocycles. The number of nitrogens with two attached hydrogens (primary N) is 1. The number of carbonyl (C=O) groups is 1. The number of ether oxygens (including phenoxy) is 1. The van der Waals surface area contributed by atoms with Gasteiger partial charge in [0.2, 0.25) is 5.91 Å². The maximum atomic E-state index is 11.0. The van der Waals surface area contributed by atoms with Crippen LogP contribution in [0.5, 0.6) is 5.75 Å². The standard InChI is InChI=1S/C14H23N3O2/c1-3-11(15)9-12-6-7-13(10-17-12)19-8-4-5-14(18)16-2/h6-7,10-11H,3-5,8-9,15H2,1-2H3,(H,16,18). The number of carbonyl (C=O) groups excluding carboxylic acids is 1. The molecule has 0 bridgehead atoms. The van der Waals surface area contributed by atoms with E-state index in [-0.39, 0.29) is 11.9 Å². The molecule has 0 aliphatic carbocycles. The molecule has 1 rings (SSSR count). The molecule has 1 aromatic rings. The second-order valence-corrected chi connectivity index (χ2v) is 4.48. The summed E-state index contributed by atoms with van der Waals surface area (Å²) >= 11 is 0. The van der Waals surface area contributed by atoms with E-state index in [1.807, 2.05) is 12.1 Å². The summed E-state index contributed by atoms with van der Waals surface area (Å²) in [5, 5.41) is 2.58. The second-order valence-electron chi connectivity index (χ2n) is 4.48. The first-order chi connectivity index (χ1) is 9.15. The van der Waals surface area contributed by atoms with Gasteiger partial charge in [-0.1, -0.05) is 6.92 Å². The smallest absolute Gasteiger partial charge is 0.219 e. The van der Waals surface area contributed by atoms with Gasteiger partial charge >= 0.3 is 0 Å². The Morgan fingerprint density at radius 3 is 2.89 bits per heavy atom. The van der Waals surface area contributed by atoms with Gasteiger partial charge < -0.3 is 15.8 Å². The number of nitrogens with one attached hydrogen (secondary N) is 1. The first kappa shape index (κ1) is 15.4. The summed E-state index contributed by atoms with van der Waals surface area (Å²) in [7, 11) is 1.63. The Bertz CT molecular complexity index is 379. The molecule has 5 nitrogen and oxygen atoms in total. The quantitative estimate of drug-likeness (QED) is 0.694. The van der Waals surface area contributed by atoms with E-state index in [9.17, 15) is 4.79 Å². The molecule has 0 fully saturated rings. The van der Waals surface area contributed by atoms with Gasteiger partial charge in [-0.15, -0.1) is 0 Å². The van der Waals surface area contributed by atoms with Crippen LogP contribution in [0.4, 0.5) is 0 Å². The molecule has 0 saturated carbocycles. The van der Waals surface area contributed by atoms with E-state index in [2.05, 4.69) is 17.2 Å². The summed E-state index contributed by atoms with van der Waals surface area (Å²) < 4.78 is 5.51. The van der Waals surface area contributed by atoms with Gasteiger partial charge in [-0.2, -0.15) is 0 Å². The minimum Gasteiger partial charge on any atom is -0.492 e. The van der Waals surface area contributed by atoms with Crippen LogP contribution in [0.15, 0.2) is 18.3 Å². The Morgan fingerprint density at radius 1 is 1.53 bits per heavy atom. The third-order valence-electron chi connectivity index (χ3n) is 2.89. The Kier molecular flexibility index (Phi) is 6.89. The van der Waals surface area contributed by atoms with Crippen molar-refractivity contribution in [1.29, 1.82) is 0 Å². The van der Waals surface area contributed by atoms with E-state index in [1.54, 1.807) is 13.2 Å². The molecule has 1 unspecified atom stereocenters. The Balaban J connectivity index is 2.30. The molecule has 0 aromatic carbocycles. The van der Waals surface area contributed by atoms with E-state index in [4.69, 9.17) is 10.5 Å². The van der Waals surface area contributed by atoms with Crippen molar-refractivity contribution in [2.45, 2.75) is 38.6 Å². The number of rotatable bonds is 8. The number of nitrogens with zero attached hydrogens (tertiary/aromatic N) is 1. The molecular formula is C14H23N3O2. The van der Waals surface area contributed by atoms with Crippen molar-refractivity contribution in [3.8, 4) is 5.75 Å². The zero-order chi connectivity index (χ0) is 14.1. The summed E-state index contributed by atoms with van der Waals surface area (Å²) in [5.74, 6) is 0.761. The number of amides is 1. The highest BCUT2D eigenvalue weighted by atomic mass is 16.5. The molecule has 0 spiro atoms. The number of hydrogen-bond acceptors (Lipinski definition) is 4. The van der Waals surface area contributed by atoms with E-state index < -0.39 is 0 Å². The first-order valence-electron chi connectivity index (χ1n) is 6.69. The molecule has 1 amide bonds. The molecular weight excluding hydrogens is 242 g/mol. The molecule has 19 heavy (non-hydrogen) atoms. The van der Waals surface area contributed by atoms with Gasteiger partial charge in [-0.25, -0.2) is 0 Å². The van der Waals surface area contributed by atoms with Gasteiger partial charge in [0.05, 0.1) is 12.8 Å². The van der Waals surface area contributed by atoms with Crippen molar-refractivity contribution >= 4 is 5.91 Å². The fourth-order valence-electron chi connectivity index (χ4n) is 1.58. The largest absolute Gasteiger partial charge is 0.492 e. The van der Waals surface area contributed by atoms with Gasteiger partial charge in [0.15, 0.2) is 0 Å². The fourth-order valence-corrected chi connectivity index (χ4v) is 1.58. The Hall–Kier alpha value is -1.62. The topological polar surface area (TPSA) is 77.2 Å². The van der Waals surface area contributed by atoms with E-state index in [1.165, 1.54) is 0 Å². The summed E-state index contributed by atoms with van der Waals surface area (Å²) in [6.07, 6.45) is 4.61. The predicted octanol–water partition coefficient (Wildman–Crippen LogP) is 1.27. The molecule has 0 radical (unpaired) electrons. The predicted molar refractivity (Wildman–Crippen MR) is 75.0 cm³/mol. The van der Waals surface area contributed by atoms with Crippen molar-refractivity contribution in [3.05, 3.63) is 24.0 Å². The molecule has 3 N–H and O–H groups in total. The molecule has 106 valence electrons. The SMILES string of the molecule is CCC(N)Cc1ccc(OCCCC(=O)NC)cn1. The normalized spacial score (nSPS) is 11.9. The van der Waals surface area contributed by atoms with Gasteiger partial charge in [0.25, 0.3) is 0 Å². The number of hydrogen-bond donors (Lipinski definition) is 2. The highest BCUT2D eigenvalue weighted by Crippen LogP contribution is 2.11. The van der Waals surface area contributed by atoms with Crippen molar-refractivity contribution in [2.75, 3.05) is 13.7 Å². The van der Waals surface area contributed by atoms with Gasteiger partial charge in [0.1, 0.15) is 5.75 Å². The van der Waals surface area contributed by atoms with Gasteiger partial charge in [-0.3, -0.25) is 9.78 Å². The van der Waals surface area contributed by atoms with Gasteiger partial charge in [0, 0.05) is 31.6 Å². The minimum atomic E-state index is 0.0330. The third-order valence-corrected chi connectivity index (χ3v) is 2.89. The van der Waals surface area contributed by atoms with E-state index in [0.29, 0.717) is 19.4 Å². The Labute approximate surface area is 114 Å². The highest BCUT2D eigenvalue weighted by Gasteiger charge is 2.03. The Morgan fingerprint density at radius 2 is 2.32 bits per heavy atom. The van der Waals surface area contributed by atoms with Crippen LogP contribution in [0.25, 0.3) is 0 Å². The van der Waals surface area contributed by atoms with Crippen LogP contribution >= 0.6 is 0 Å². The van der Waals surface area contributed by atoms with E-state index in [0.717, 1.165) is 24.3 Å². The fraction of sp³-hybridized carbons (Fsp3) is 0.571. The third kappa shape index (κ3) is 6.20. The maximum absolute atomic E-state index is 11.0. The van der Waals surface area contributed by atoms with Crippen LogP contribution < -0.4 is 15.8 Å². The van der Waals surface area contributed by atoms with Crippen LogP contribution in [-0.2, 0) is 11.2 Å². The van der Waals surface area contributed by atoms with Crippen LogP contribution in [0.1, 0.15) is 31.9 Å². The number of aromatic nitrogens is 1.